The van der Waals surface area contributed by atoms with Crippen molar-refractivity contribution in [3.63, 3.8) is 0 Å². The lowest BCUT2D eigenvalue weighted by Gasteiger charge is -2.04. The maximum absolute atomic E-state index is 13.9. The quantitative estimate of drug-likeness (QED) is 0.513. The number of rotatable bonds is 4. The first-order valence-corrected chi connectivity index (χ1v) is 8.82. The van der Waals surface area contributed by atoms with Crippen LogP contribution in [0.4, 0.5) is 8.78 Å². The molecule has 0 unspecified atom stereocenters. The van der Waals surface area contributed by atoms with E-state index in [0.29, 0.717) is 10.9 Å². The molecule has 0 bridgehead atoms. The molecule has 0 spiro atoms. The molecular formula is C17H14F2N6S. The van der Waals surface area contributed by atoms with E-state index in [1.165, 1.54) is 28.6 Å². The summed E-state index contributed by atoms with van der Waals surface area (Å²) in [5, 5.41) is 13.4. The zero-order valence-corrected chi connectivity index (χ0v) is 14.8. The van der Waals surface area contributed by atoms with Crippen LogP contribution in [-0.4, -0.2) is 29.4 Å². The molecule has 0 atom stereocenters. The summed E-state index contributed by atoms with van der Waals surface area (Å²) in [4.78, 5) is 4.43. The molecule has 0 N–H and O–H groups in total. The average Bonchev–Trinajstić information content (AvgIpc) is 3.19. The summed E-state index contributed by atoms with van der Waals surface area (Å²) in [6.07, 6.45) is 1.64. The van der Waals surface area contributed by atoms with Crippen molar-refractivity contribution in [2.45, 2.75) is 24.8 Å². The lowest BCUT2D eigenvalue weighted by molar-refractivity contribution is 0.573. The smallest absolute Gasteiger partial charge is 0.197 e. The van der Waals surface area contributed by atoms with Crippen LogP contribution in [0, 0.1) is 25.5 Å². The fourth-order valence-corrected chi connectivity index (χ4v) is 3.56. The predicted molar refractivity (Wildman–Crippen MR) is 93.3 cm³/mol. The third-order valence-electron chi connectivity index (χ3n) is 3.81. The number of nitrogens with zero attached hydrogens (tertiary/aromatic N) is 6. The summed E-state index contributed by atoms with van der Waals surface area (Å²) in [5.41, 5.74) is 2.58. The number of aromatic nitrogens is 6. The highest BCUT2D eigenvalue weighted by molar-refractivity contribution is 7.98. The largest absolute Gasteiger partial charge is 0.258 e. The van der Waals surface area contributed by atoms with Crippen LogP contribution < -0.4 is 0 Å². The topological polar surface area (TPSA) is 60.9 Å². The number of hydrogen-bond donors (Lipinski definition) is 0. The van der Waals surface area contributed by atoms with Gasteiger partial charge in [0, 0.05) is 29.8 Å². The Morgan fingerprint density at radius 1 is 1.08 bits per heavy atom. The van der Waals surface area contributed by atoms with Crippen LogP contribution in [0.25, 0.3) is 11.3 Å². The van der Waals surface area contributed by atoms with Gasteiger partial charge in [-0.25, -0.2) is 18.4 Å². The maximum atomic E-state index is 13.9. The van der Waals surface area contributed by atoms with Crippen LogP contribution in [0.1, 0.15) is 17.2 Å². The van der Waals surface area contributed by atoms with Gasteiger partial charge in [0.05, 0.1) is 5.69 Å². The van der Waals surface area contributed by atoms with Gasteiger partial charge in [0.25, 0.3) is 0 Å². The van der Waals surface area contributed by atoms with Gasteiger partial charge >= 0.3 is 0 Å². The Balaban J connectivity index is 1.55. The first-order chi connectivity index (χ1) is 12.5. The van der Waals surface area contributed by atoms with Crippen molar-refractivity contribution in [1.82, 2.24) is 29.4 Å². The highest BCUT2D eigenvalue weighted by atomic mass is 32.2. The minimum absolute atomic E-state index is 0.200. The molecule has 6 nitrogen and oxygen atoms in total. The Morgan fingerprint density at radius 3 is 2.73 bits per heavy atom. The van der Waals surface area contributed by atoms with E-state index in [9.17, 15) is 8.78 Å². The summed E-state index contributed by atoms with van der Waals surface area (Å²) >= 11 is 1.46. The third kappa shape index (κ3) is 3.05. The summed E-state index contributed by atoms with van der Waals surface area (Å²) in [6, 6.07) is 7.06. The zero-order chi connectivity index (χ0) is 18.3. The SMILES string of the molecule is Cc1cc2nnc(SCc3ccn(-c4ccc(F)cc4F)n3)n2c(C)n1. The van der Waals surface area contributed by atoms with Crippen molar-refractivity contribution >= 4 is 17.4 Å². The summed E-state index contributed by atoms with van der Waals surface area (Å²) in [5.74, 6) is 0.0653. The Morgan fingerprint density at radius 2 is 1.92 bits per heavy atom. The van der Waals surface area contributed by atoms with Crippen LogP contribution in [-0.2, 0) is 5.75 Å². The average molecular weight is 372 g/mol. The number of hydrogen-bond acceptors (Lipinski definition) is 5. The third-order valence-corrected chi connectivity index (χ3v) is 4.77. The van der Waals surface area contributed by atoms with E-state index in [-0.39, 0.29) is 5.69 Å². The molecule has 0 aliphatic carbocycles. The van der Waals surface area contributed by atoms with E-state index in [0.717, 1.165) is 28.9 Å². The van der Waals surface area contributed by atoms with Crippen molar-refractivity contribution in [2.24, 2.45) is 0 Å². The Kier molecular flexibility index (Phi) is 4.15. The van der Waals surface area contributed by atoms with E-state index in [1.807, 2.05) is 24.3 Å². The van der Waals surface area contributed by atoms with Gasteiger partial charge in [0.2, 0.25) is 0 Å². The lowest BCUT2D eigenvalue weighted by atomic mass is 10.3. The standard InChI is InChI=1S/C17H14F2N6S/c1-10-7-16-21-22-17(25(16)11(2)20-10)26-9-13-5-6-24(23-13)15-4-3-12(18)8-14(15)19/h3-8H,9H2,1-2H3. The summed E-state index contributed by atoms with van der Waals surface area (Å²) in [6.45, 7) is 3.81. The monoisotopic (exact) mass is 372 g/mol. The van der Waals surface area contributed by atoms with Crippen molar-refractivity contribution in [3.8, 4) is 5.69 Å². The van der Waals surface area contributed by atoms with Crippen LogP contribution in [0.15, 0.2) is 41.7 Å². The highest BCUT2D eigenvalue weighted by Crippen LogP contribution is 2.23. The first-order valence-electron chi connectivity index (χ1n) is 7.83. The number of fused-ring (bicyclic) bond motifs is 1. The van der Waals surface area contributed by atoms with Crippen molar-refractivity contribution < 1.29 is 8.78 Å². The lowest BCUT2D eigenvalue weighted by Crippen LogP contribution is -2.00. The molecule has 0 amide bonds. The molecule has 0 aliphatic heterocycles. The summed E-state index contributed by atoms with van der Waals surface area (Å²) < 4.78 is 30.2. The maximum Gasteiger partial charge on any atom is 0.197 e. The van der Waals surface area contributed by atoms with Crippen LogP contribution in [0.3, 0.4) is 0 Å². The van der Waals surface area contributed by atoms with Crippen molar-refractivity contribution in [3.05, 3.63) is 65.4 Å². The van der Waals surface area contributed by atoms with E-state index >= 15 is 0 Å². The Bertz CT molecular complexity index is 1100. The van der Waals surface area contributed by atoms with Gasteiger partial charge in [-0.3, -0.25) is 4.40 Å². The Hall–Kier alpha value is -2.81. The molecule has 3 heterocycles. The van der Waals surface area contributed by atoms with Gasteiger partial charge in [0.15, 0.2) is 16.6 Å². The minimum atomic E-state index is -0.659. The molecule has 0 fully saturated rings. The molecule has 0 saturated carbocycles. The highest BCUT2D eigenvalue weighted by Gasteiger charge is 2.12. The molecule has 0 radical (unpaired) electrons. The number of thioether (sulfide) groups is 1. The molecule has 3 aromatic heterocycles. The van der Waals surface area contributed by atoms with Crippen LogP contribution in [0.2, 0.25) is 0 Å². The van der Waals surface area contributed by atoms with E-state index < -0.39 is 11.6 Å². The van der Waals surface area contributed by atoms with Crippen LogP contribution in [0.5, 0.6) is 0 Å². The van der Waals surface area contributed by atoms with Gasteiger partial charge in [-0.2, -0.15) is 5.10 Å². The zero-order valence-electron chi connectivity index (χ0n) is 14.0. The van der Waals surface area contributed by atoms with Crippen molar-refractivity contribution in [2.75, 3.05) is 0 Å². The second kappa shape index (κ2) is 6.49. The first kappa shape index (κ1) is 16.6. The molecule has 26 heavy (non-hydrogen) atoms. The predicted octanol–water partition coefficient (Wildman–Crippen LogP) is 3.50. The molecule has 132 valence electrons. The molecule has 4 rings (SSSR count). The second-order valence-electron chi connectivity index (χ2n) is 5.76. The molecule has 0 aliphatic rings. The minimum Gasteiger partial charge on any atom is -0.258 e. The summed E-state index contributed by atoms with van der Waals surface area (Å²) in [7, 11) is 0. The van der Waals surface area contributed by atoms with E-state index in [2.05, 4.69) is 20.3 Å². The fraction of sp³-hybridized carbons (Fsp3) is 0.176. The number of aryl methyl sites for hydroxylation is 2. The Labute approximate surface area is 151 Å². The van der Waals surface area contributed by atoms with Gasteiger partial charge < -0.3 is 0 Å². The molecule has 0 saturated heterocycles. The number of halogens is 2. The van der Waals surface area contributed by atoms with Gasteiger partial charge in [0.1, 0.15) is 17.3 Å². The van der Waals surface area contributed by atoms with Gasteiger partial charge in [-0.05, 0) is 32.0 Å². The number of benzene rings is 1. The molecule has 4 aromatic rings. The van der Waals surface area contributed by atoms with E-state index in [1.54, 1.807) is 12.3 Å². The molecular weight excluding hydrogens is 358 g/mol. The molecule has 1 aromatic carbocycles. The molecule has 9 heteroatoms. The van der Waals surface area contributed by atoms with Gasteiger partial charge in [-0.1, -0.05) is 11.8 Å². The van der Waals surface area contributed by atoms with E-state index in [4.69, 9.17) is 0 Å². The van der Waals surface area contributed by atoms with Crippen molar-refractivity contribution in [1.29, 1.82) is 0 Å². The van der Waals surface area contributed by atoms with Crippen LogP contribution >= 0.6 is 11.8 Å². The second-order valence-corrected chi connectivity index (χ2v) is 6.70. The fourth-order valence-electron chi connectivity index (χ4n) is 2.68. The normalized spacial score (nSPS) is 11.4. The van der Waals surface area contributed by atoms with Gasteiger partial charge in [-0.15, -0.1) is 10.2 Å².